The van der Waals surface area contributed by atoms with E-state index in [1.165, 1.54) is 0 Å². The van der Waals surface area contributed by atoms with Crippen LogP contribution in [0.5, 0.6) is 0 Å². The van der Waals surface area contributed by atoms with Crippen molar-refractivity contribution in [1.29, 1.82) is 0 Å². The largest absolute Gasteiger partial charge is 0.279 e. The molecule has 2 N–H and O–H groups in total. The van der Waals surface area contributed by atoms with Crippen molar-refractivity contribution in [2.24, 2.45) is 0 Å². The minimum Gasteiger partial charge on any atom is -0.279 e. The van der Waals surface area contributed by atoms with Gasteiger partial charge in [-0.25, -0.2) is 40.3 Å². The van der Waals surface area contributed by atoms with Crippen molar-refractivity contribution in [2.45, 2.75) is 23.6 Å². The van der Waals surface area contributed by atoms with Crippen LogP contribution in [-0.2, 0) is 20.0 Å². The minimum atomic E-state index is -4.57. The molecule has 0 saturated carbocycles. The zero-order chi connectivity index (χ0) is 22.1. The molecule has 3 aromatic rings. The number of aryl methyl sites for hydroxylation is 2. The zero-order valence-corrected chi connectivity index (χ0v) is 17.4. The topological polar surface area (TPSA) is 118 Å². The summed E-state index contributed by atoms with van der Waals surface area (Å²) in [6, 6.07) is 8.89. The molecule has 3 rings (SSSR count). The first-order chi connectivity index (χ1) is 14.0. The average Bonchev–Trinajstić information content (AvgIpc) is 2.60. The van der Waals surface area contributed by atoms with Crippen LogP contribution in [0.2, 0.25) is 0 Å². The van der Waals surface area contributed by atoms with Crippen molar-refractivity contribution in [1.82, 2.24) is 9.97 Å². The van der Waals surface area contributed by atoms with Gasteiger partial charge in [-0.15, -0.1) is 0 Å². The fourth-order valence-electron chi connectivity index (χ4n) is 2.60. The van der Waals surface area contributed by atoms with Gasteiger partial charge in [0.2, 0.25) is 5.95 Å². The number of halogens is 2. The summed E-state index contributed by atoms with van der Waals surface area (Å²) in [5.74, 6) is -2.61. The Balaban J connectivity index is 1.84. The summed E-state index contributed by atoms with van der Waals surface area (Å²) in [7, 11) is -8.61. The van der Waals surface area contributed by atoms with Gasteiger partial charge in [0.15, 0.2) is 4.90 Å². The first-order valence-corrected chi connectivity index (χ1v) is 11.4. The summed E-state index contributed by atoms with van der Waals surface area (Å²) in [6.07, 6.45) is 0. The van der Waals surface area contributed by atoms with Gasteiger partial charge in [-0.1, -0.05) is 6.07 Å². The number of nitrogens with zero attached hydrogens (tertiary/aromatic N) is 2. The van der Waals surface area contributed by atoms with E-state index in [0.29, 0.717) is 11.4 Å². The molecule has 0 amide bonds. The van der Waals surface area contributed by atoms with Crippen molar-refractivity contribution in [3.8, 4) is 0 Å². The normalized spacial score (nSPS) is 11.9. The number of anilines is 2. The van der Waals surface area contributed by atoms with E-state index in [0.717, 1.165) is 42.5 Å². The number of hydrogen-bond acceptors (Lipinski definition) is 6. The second-order valence-electron chi connectivity index (χ2n) is 6.26. The van der Waals surface area contributed by atoms with Crippen LogP contribution in [-0.4, -0.2) is 26.8 Å². The van der Waals surface area contributed by atoms with Crippen molar-refractivity contribution >= 4 is 31.7 Å². The van der Waals surface area contributed by atoms with Gasteiger partial charge >= 0.3 is 0 Å². The van der Waals surface area contributed by atoms with Crippen LogP contribution >= 0.6 is 0 Å². The molecule has 0 aliphatic rings. The number of rotatable bonds is 6. The molecule has 0 aliphatic carbocycles. The lowest BCUT2D eigenvalue weighted by Crippen LogP contribution is -2.17. The van der Waals surface area contributed by atoms with Gasteiger partial charge in [-0.3, -0.25) is 4.72 Å². The molecule has 0 bridgehead atoms. The Kier molecular flexibility index (Phi) is 5.72. The van der Waals surface area contributed by atoms with Crippen LogP contribution in [0.25, 0.3) is 0 Å². The van der Waals surface area contributed by atoms with Crippen LogP contribution in [0, 0.1) is 25.5 Å². The van der Waals surface area contributed by atoms with E-state index in [1.807, 2.05) is 4.72 Å². The standard InChI is InChI=1S/C18H16F2N4O4S2/c1-11-10-12(2)22-18(21-11)24-29(25,26)14-8-6-13(7-9-14)23-30(27,28)17-15(19)4-3-5-16(17)20/h3-10,23H,1-2H3,(H,21,22,24). The third-order valence-electron chi connectivity index (χ3n) is 3.81. The Morgan fingerprint density at radius 1 is 0.767 bits per heavy atom. The van der Waals surface area contributed by atoms with Gasteiger partial charge in [0.05, 0.1) is 4.90 Å². The summed E-state index contributed by atoms with van der Waals surface area (Å²) in [6.45, 7) is 3.37. The first kappa shape index (κ1) is 21.6. The van der Waals surface area contributed by atoms with Crippen molar-refractivity contribution in [2.75, 3.05) is 9.44 Å². The fourth-order valence-corrected chi connectivity index (χ4v) is 4.74. The minimum absolute atomic E-state index is 0.0840. The highest BCUT2D eigenvalue weighted by Gasteiger charge is 2.24. The van der Waals surface area contributed by atoms with E-state index in [1.54, 1.807) is 19.9 Å². The van der Waals surface area contributed by atoms with E-state index in [2.05, 4.69) is 14.7 Å². The lowest BCUT2D eigenvalue weighted by Gasteiger charge is -2.11. The molecule has 0 fully saturated rings. The molecule has 0 radical (unpaired) electrons. The zero-order valence-electron chi connectivity index (χ0n) is 15.7. The van der Waals surface area contributed by atoms with Crippen molar-refractivity contribution < 1.29 is 25.6 Å². The Morgan fingerprint density at radius 3 is 1.83 bits per heavy atom. The molecule has 0 atom stereocenters. The monoisotopic (exact) mass is 454 g/mol. The van der Waals surface area contributed by atoms with Gasteiger partial charge in [0.25, 0.3) is 20.0 Å². The van der Waals surface area contributed by atoms with E-state index in [-0.39, 0.29) is 16.5 Å². The molecular weight excluding hydrogens is 438 g/mol. The van der Waals surface area contributed by atoms with Crippen LogP contribution in [0.1, 0.15) is 11.4 Å². The van der Waals surface area contributed by atoms with Gasteiger partial charge in [0, 0.05) is 17.1 Å². The fraction of sp³-hybridized carbons (Fsp3) is 0.111. The molecular formula is C18H16F2N4O4S2. The molecule has 1 aromatic heterocycles. The van der Waals surface area contributed by atoms with E-state index in [4.69, 9.17) is 0 Å². The van der Waals surface area contributed by atoms with E-state index < -0.39 is 36.6 Å². The second-order valence-corrected chi connectivity index (χ2v) is 9.56. The highest BCUT2D eigenvalue weighted by atomic mass is 32.2. The predicted octanol–water partition coefficient (Wildman–Crippen LogP) is 2.97. The molecule has 12 heteroatoms. The molecule has 0 unspecified atom stereocenters. The Morgan fingerprint density at radius 2 is 1.30 bits per heavy atom. The summed E-state index contributed by atoms with van der Waals surface area (Å²) in [4.78, 5) is 6.67. The number of sulfonamides is 2. The van der Waals surface area contributed by atoms with Crippen molar-refractivity contribution in [3.05, 3.63) is 71.6 Å². The third-order valence-corrected chi connectivity index (χ3v) is 6.59. The molecule has 2 aromatic carbocycles. The quantitative estimate of drug-likeness (QED) is 0.591. The Hall–Kier alpha value is -3.12. The number of nitrogens with one attached hydrogen (secondary N) is 2. The molecule has 1 heterocycles. The Labute approximate surface area is 172 Å². The number of hydrogen-bond donors (Lipinski definition) is 2. The number of aromatic nitrogens is 2. The Bertz CT molecular complexity index is 1270. The highest BCUT2D eigenvalue weighted by molar-refractivity contribution is 7.93. The maximum atomic E-state index is 13.8. The number of benzene rings is 2. The van der Waals surface area contributed by atoms with Crippen molar-refractivity contribution in [3.63, 3.8) is 0 Å². The van der Waals surface area contributed by atoms with E-state index in [9.17, 15) is 25.6 Å². The molecule has 0 saturated heterocycles. The average molecular weight is 454 g/mol. The van der Waals surface area contributed by atoms with Crippen LogP contribution in [0.4, 0.5) is 20.4 Å². The maximum absolute atomic E-state index is 13.8. The lowest BCUT2D eigenvalue weighted by atomic mass is 10.3. The second kappa shape index (κ2) is 7.95. The maximum Gasteiger partial charge on any atom is 0.267 e. The summed E-state index contributed by atoms with van der Waals surface area (Å²) in [5, 5.41) is 0. The van der Waals surface area contributed by atoms with E-state index >= 15 is 0 Å². The van der Waals surface area contributed by atoms with Crippen LogP contribution < -0.4 is 9.44 Å². The molecule has 158 valence electrons. The lowest BCUT2D eigenvalue weighted by molar-refractivity contribution is 0.521. The first-order valence-electron chi connectivity index (χ1n) is 8.40. The molecule has 30 heavy (non-hydrogen) atoms. The van der Waals surface area contributed by atoms with Gasteiger partial charge in [-0.2, -0.15) is 0 Å². The predicted molar refractivity (Wildman–Crippen MR) is 106 cm³/mol. The summed E-state index contributed by atoms with van der Waals surface area (Å²) >= 11 is 0. The highest BCUT2D eigenvalue weighted by Crippen LogP contribution is 2.23. The molecule has 8 nitrogen and oxygen atoms in total. The SMILES string of the molecule is Cc1cc(C)nc(NS(=O)(=O)c2ccc(NS(=O)(=O)c3c(F)cccc3F)cc2)n1. The van der Waals surface area contributed by atoms with Crippen LogP contribution in [0.3, 0.4) is 0 Å². The van der Waals surface area contributed by atoms with Crippen LogP contribution in [0.15, 0.2) is 58.3 Å². The molecule has 0 aliphatic heterocycles. The third kappa shape index (κ3) is 4.71. The smallest absolute Gasteiger partial charge is 0.267 e. The summed E-state index contributed by atoms with van der Waals surface area (Å²) in [5.41, 5.74) is 1.06. The molecule has 0 spiro atoms. The van der Waals surface area contributed by atoms with Gasteiger partial charge < -0.3 is 0 Å². The van der Waals surface area contributed by atoms with Gasteiger partial charge in [-0.05, 0) is 56.3 Å². The van der Waals surface area contributed by atoms with Gasteiger partial charge in [0.1, 0.15) is 11.6 Å². The summed E-state index contributed by atoms with van der Waals surface area (Å²) < 4.78 is 81.4.